The summed E-state index contributed by atoms with van der Waals surface area (Å²) in [6.45, 7) is 4.79. The van der Waals surface area contributed by atoms with Crippen molar-refractivity contribution >= 4 is 5.91 Å². The van der Waals surface area contributed by atoms with E-state index in [1.54, 1.807) is 0 Å². The number of hydrogen-bond acceptors (Lipinski definition) is 2. The van der Waals surface area contributed by atoms with Gasteiger partial charge >= 0.3 is 0 Å². The summed E-state index contributed by atoms with van der Waals surface area (Å²) >= 11 is 0. The molecule has 0 radical (unpaired) electrons. The number of nitrogens with two attached hydrogens (primary N) is 1. The maximum absolute atomic E-state index is 11.6. The summed E-state index contributed by atoms with van der Waals surface area (Å²) in [6.07, 6.45) is 5.41. The smallest absolute Gasteiger partial charge is 0.220 e. The summed E-state index contributed by atoms with van der Waals surface area (Å²) in [4.78, 5) is 11.6. The molecule has 0 aromatic carbocycles. The largest absolute Gasteiger partial charge is 0.354 e. The lowest BCUT2D eigenvalue weighted by molar-refractivity contribution is -0.122. The monoisotopic (exact) mass is 212 g/mol. The maximum atomic E-state index is 11.6. The molecule has 0 spiro atoms. The SMILES string of the molecule is CCC(CN)CC(=O)NC(C)CC1CC1. The zero-order chi connectivity index (χ0) is 11.3. The minimum absolute atomic E-state index is 0.167. The molecule has 0 aromatic heterocycles. The average molecular weight is 212 g/mol. The highest BCUT2D eigenvalue weighted by Crippen LogP contribution is 2.33. The molecule has 15 heavy (non-hydrogen) atoms. The average Bonchev–Trinajstić information content (AvgIpc) is 2.97. The van der Waals surface area contributed by atoms with Crippen LogP contribution in [0.3, 0.4) is 0 Å². The molecule has 0 aromatic rings. The predicted octanol–water partition coefficient (Wildman–Crippen LogP) is 1.67. The van der Waals surface area contributed by atoms with Crippen molar-refractivity contribution in [2.45, 2.75) is 52.0 Å². The number of carbonyl (C=O) groups is 1. The van der Waals surface area contributed by atoms with Gasteiger partial charge in [0.15, 0.2) is 0 Å². The summed E-state index contributed by atoms with van der Waals surface area (Å²) in [7, 11) is 0. The van der Waals surface area contributed by atoms with Crippen molar-refractivity contribution in [1.29, 1.82) is 0 Å². The van der Waals surface area contributed by atoms with Crippen LogP contribution in [0.5, 0.6) is 0 Å². The fraction of sp³-hybridized carbons (Fsp3) is 0.917. The highest BCUT2D eigenvalue weighted by molar-refractivity contribution is 5.76. The Kier molecular flexibility index (Phi) is 5.09. The molecule has 1 aliphatic carbocycles. The lowest BCUT2D eigenvalue weighted by atomic mass is 10.0. The molecule has 0 saturated heterocycles. The minimum Gasteiger partial charge on any atom is -0.354 e. The Morgan fingerprint density at radius 3 is 2.67 bits per heavy atom. The van der Waals surface area contributed by atoms with Gasteiger partial charge in [0.1, 0.15) is 0 Å². The first-order chi connectivity index (χ1) is 7.15. The van der Waals surface area contributed by atoms with Crippen LogP contribution in [0.25, 0.3) is 0 Å². The third-order valence-electron chi connectivity index (χ3n) is 3.18. The number of hydrogen-bond donors (Lipinski definition) is 2. The maximum Gasteiger partial charge on any atom is 0.220 e. The lowest BCUT2D eigenvalue weighted by Gasteiger charge is -2.16. The van der Waals surface area contributed by atoms with Gasteiger partial charge in [0, 0.05) is 12.5 Å². The Bertz CT molecular complexity index is 198. The quantitative estimate of drug-likeness (QED) is 0.674. The topological polar surface area (TPSA) is 55.1 Å². The van der Waals surface area contributed by atoms with Crippen LogP contribution in [0.4, 0.5) is 0 Å². The lowest BCUT2D eigenvalue weighted by Crippen LogP contribution is -2.35. The zero-order valence-electron chi connectivity index (χ0n) is 9.96. The van der Waals surface area contributed by atoms with Gasteiger partial charge in [-0.25, -0.2) is 0 Å². The number of amides is 1. The van der Waals surface area contributed by atoms with Crippen molar-refractivity contribution in [3.8, 4) is 0 Å². The molecule has 2 unspecified atom stereocenters. The fourth-order valence-electron chi connectivity index (χ4n) is 1.90. The summed E-state index contributed by atoms with van der Waals surface area (Å²) in [6, 6.07) is 0.334. The van der Waals surface area contributed by atoms with E-state index < -0.39 is 0 Å². The van der Waals surface area contributed by atoms with E-state index in [9.17, 15) is 4.79 Å². The van der Waals surface area contributed by atoms with E-state index in [-0.39, 0.29) is 5.91 Å². The van der Waals surface area contributed by atoms with Gasteiger partial charge in [-0.3, -0.25) is 4.79 Å². The molecule has 88 valence electrons. The van der Waals surface area contributed by atoms with Crippen LogP contribution in [-0.2, 0) is 4.79 Å². The number of rotatable bonds is 7. The fourth-order valence-corrected chi connectivity index (χ4v) is 1.90. The number of carbonyl (C=O) groups excluding carboxylic acids is 1. The van der Waals surface area contributed by atoms with Crippen LogP contribution in [0, 0.1) is 11.8 Å². The van der Waals surface area contributed by atoms with Crippen molar-refractivity contribution in [2.24, 2.45) is 17.6 Å². The van der Waals surface area contributed by atoms with Gasteiger partial charge in [0.25, 0.3) is 0 Å². The van der Waals surface area contributed by atoms with Crippen LogP contribution in [-0.4, -0.2) is 18.5 Å². The van der Waals surface area contributed by atoms with E-state index in [1.807, 2.05) is 0 Å². The number of nitrogens with one attached hydrogen (secondary N) is 1. The summed E-state index contributed by atoms with van der Waals surface area (Å²) in [5, 5.41) is 3.06. The summed E-state index contributed by atoms with van der Waals surface area (Å²) in [5.41, 5.74) is 5.57. The molecule has 3 nitrogen and oxygen atoms in total. The molecule has 1 amide bonds. The highest BCUT2D eigenvalue weighted by Gasteiger charge is 2.24. The molecule has 1 saturated carbocycles. The van der Waals surface area contributed by atoms with Crippen LogP contribution in [0.2, 0.25) is 0 Å². The molecule has 1 rings (SSSR count). The van der Waals surface area contributed by atoms with Gasteiger partial charge in [-0.1, -0.05) is 26.2 Å². The van der Waals surface area contributed by atoms with Gasteiger partial charge in [0.05, 0.1) is 0 Å². The van der Waals surface area contributed by atoms with Gasteiger partial charge in [-0.15, -0.1) is 0 Å². The Morgan fingerprint density at radius 2 is 2.20 bits per heavy atom. The van der Waals surface area contributed by atoms with Crippen molar-refractivity contribution in [3.63, 3.8) is 0 Å². The van der Waals surface area contributed by atoms with Crippen LogP contribution < -0.4 is 11.1 Å². The Labute approximate surface area is 92.8 Å². The van der Waals surface area contributed by atoms with E-state index in [0.29, 0.717) is 24.9 Å². The molecule has 0 heterocycles. The molecule has 1 aliphatic rings. The van der Waals surface area contributed by atoms with Crippen LogP contribution in [0.1, 0.15) is 46.0 Å². The van der Waals surface area contributed by atoms with E-state index >= 15 is 0 Å². The van der Waals surface area contributed by atoms with Crippen LogP contribution >= 0.6 is 0 Å². The molecule has 3 heteroatoms. The Hall–Kier alpha value is -0.570. The highest BCUT2D eigenvalue weighted by atomic mass is 16.1. The molecule has 0 aliphatic heterocycles. The Balaban J connectivity index is 2.15. The molecular weight excluding hydrogens is 188 g/mol. The van der Waals surface area contributed by atoms with E-state index in [4.69, 9.17) is 5.73 Å². The minimum atomic E-state index is 0.167. The van der Waals surface area contributed by atoms with Gasteiger partial charge in [-0.05, 0) is 31.7 Å². The zero-order valence-corrected chi connectivity index (χ0v) is 9.96. The Morgan fingerprint density at radius 1 is 1.53 bits per heavy atom. The molecular formula is C12H24N2O. The van der Waals surface area contributed by atoms with E-state index in [1.165, 1.54) is 12.8 Å². The first-order valence-corrected chi connectivity index (χ1v) is 6.15. The van der Waals surface area contributed by atoms with E-state index in [0.717, 1.165) is 18.8 Å². The normalized spacial score (nSPS) is 19.7. The van der Waals surface area contributed by atoms with Gasteiger partial charge in [0.2, 0.25) is 5.91 Å². The molecule has 0 bridgehead atoms. The predicted molar refractivity (Wildman–Crippen MR) is 62.4 cm³/mol. The summed E-state index contributed by atoms with van der Waals surface area (Å²) in [5.74, 6) is 1.38. The van der Waals surface area contributed by atoms with Crippen LogP contribution in [0.15, 0.2) is 0 Å². The van der Waals surface area contributed by atoms with Crippen molar-refractivity contribution in [1.82, 2.24) is 5.32 Å². The second kappa shape index (κ2) is 6.11. The van der Waals surface area contributed by atoms with Gasteiger partial charge in [-0.2, -0.15) is 0 Å². The van der Waals surface area contributed by atoms with Crippen molar-refractivity contribution in [3.05, 3.63) is 0 Å². The van der Waals surface area contributed by atoms with Crippen molar-refractivity contribution < 1.29 is 4.79 Å². The van der Waals surface area contributed by atoms with E-state index in [2.05, 4.69) is 19.2 Å². The standard InChI is InChI=1S/C12H24N2O/c1-3-10(8-13)7-12(15)14-9(2)6-11-4-5-11/h9-11H,3-8,13H2,1-2H3,(H,14,15). The van der Waals surface area contributed by atoms with Gasteiger partial charge < -0.3 is 11.1 Å². The second-order valence-corrected chi connectivity index (χ2v) is 4.86. The molecule has 3 N–H and O–H groups in total. The molecule has 2 atom stereocenters. The molecule has 1 fully saturated rings. The first-order valence-electron chi connectivity index (χ1n) is 6.15. The third kappa shape index (κ3) is 5.17. The summed E-state index contributed by atoms with van der Waals surface area (Å²) < 4.78 is 0. The third-order valence-corrected chi connectivity index (χ3v) is 3.18. The second-order valence-electron chi connectivity index (χ2n) is 4.86. The first kappa shape index (κ1) is 12.5. The van der Waals surface area contributed by atoms with Crippen molar-refractivity contribution in [2.75, 3.05) is 6.54 Å².